The van der Waals surface area contributed by atoms with Crippen LogP contribution in [0.4, 0.5) is 0 Å². The average Bonchev–Trinajstić information content (AvgIpc) is 2.30. The van der Waals surface area contributed by atoms with Crippen molar-refractivity contribution in [1.82, 2.24) is 9.88 Å². The molecule has 2 nitrogen and oxygen atoms in total. The van der Waals surface area contributed by atoms with Crippen LogP contribution in [0.3, 0.4) is 0 Å². The summed E-state index contributed by atoms with van der Waals surface area (Å²) in [4.78, 5) is 6.96. The highest BCUT2D eigenvalue weighted by atomic mass is 15.1. The molecule has 0 saturated carbocycles. The number of hydrogen-bond acceptors (Lipinski definition) is 2. The molecule has 0 radical (unpaired) electrons. The number of aromatic nitrogens is 1. The molecule has 1 saturated heterocycles. The van der Waals surface area contributed by atoms with Crippen LogP contribution in [0.1, 0.15) is 31.4 Å². The third kappa shape index (κ3) is 2.13. The van der Waals surface area contributed by atoms with Crippen LogP contribution >= 0.6 is 0 Å². The molecular weight excluding hydrogens is 172 g/mol. The van der Waals surface area contributed by atoms with Gasteiger partial charge in [0.25, 0.3) is 0 Å². The van der Waals surface area contributed by atoms with Gasteiger partial charge in [-0.3, -0.25) is 4.98 Å². The van der Waals surface area contributed by atoms with Crippen molar-refractivity contribution in [2.45, 2.75) is 25.7 Å². The summed E-state index contributed by atoms with van der Waals surface area (Å²) in [5.41, 5.74) is 1.27. The summed E-state index contributed by atoms with van der Waals surface area (Å²) >= 11 is 0. The van der Waals surface area contributed by atoms with E-state index in [-0.39, 0.29) is 0 Å². The van der Waals surface area contributed by atoms with Crippen LogP contribution in [0.2, 0.25) is 0 Å². The fraction of sp³-hybridized carbons (Fsp3) is 0.583. The molecule has 0 amide bonds. The number of nitrogens with zero attached hydrogens (tertiary/aromatic N) is 2. The first-order valence-corrected chi connectivity index (χ1v) is 5.53. The monoisotopic (exact) mass is 190 g/mol. The molecule has 0 aromatic carbocycles. The molecular formula is C12H18N2. The van der Waals surface area contributed by atoms with Crippen molar-refractivity contribution in [1.29, 1.82) is 0 Å². The minimum absolute atomic E-state index is 0.657. The predicted octanol–water partition coefficient (Wildman–Crippen LogP) is 2.28. The molecule has 0 aliphatic carbocycles. The van der Waals surface area contributed by atoms with Gasteiger partial charge in [0.15, 0.2) is 0 Å². The second kappa shape index (κ2) is 4.56. The van der Waals surface area contributed by atoms with Crippen molar-refractivity contribution in [3.8, 4) is 0 Å². The quantitative estimate of drug-likeness (QED) is 0.711. The zero-order valence-corrected chi connectivity index (χ0v) is 8.82. The Morgan fingerprint density at radius 1 is 1.50 bits per heavy atom. The van der Waals surface area contributed by atoms with Gasteiger partial charge < -0.3 is 4.90 Å². The molecule has 14 heavy (non-hydrogen) atoms. The minimum atomic E-state index is 0.657. The zero-order valence-electron chi connectivity index (χ0n) is 8.82. The topological polar surface area (TPSA) is 16.1 Å². The molecule has 1 fully saturated rings. The predicted molar refractivity (Wildman–Crippen MR) is 58.3 cm³/mol. The molecule has 1 aliphatic heterocycles. The van der Waals surface area contributed by atoms with E-state index in [9.17, 15) is 0 Å². The van der Waals surface area contributed by atoms with E-state index in [0.29, 0.717) is 5.92 Å². The van der Waals surface area contributed by atoms with Gasteiger partial charge in [-0.15, -0.1) is 0 Å². The first-order valence-electron chi connectivity index (χ1n) is 5.53. The van der Waals surface area contributed by atoms with Gasteiger partial charge in [0.05, 0.1) is 0 Å². The van der Waals surface area contributed by atoms with Crippen molar-refractivity contribution < 1.29 is 0 Å². The number of likely N-dealkylation sites (tertiary alicyclic amines) is 1. The average molecular weight is 190 g/mol. The SMILES string of the molecule is CCN1CCCC(c2ccccn2)C1. The molecule has 1 aromatic heterocycles. The van der Waals surface area contributed by atoms with Gasteiger partial charge >= 0.3 is 0 Å². The Balaban J connectivity index is 2.04. The van der Waals surface area contributed by atoms with Gasteiger partial charge in [0, 0.05) is 24.4 Å². The Kier molecular flexibility index (Phi) is 3.14. The summed E-state index contributed by atoms with van der Waals surface area (Å²) in [7, 11) is 0. The molecule has 2 rings (SSSR count). The molecule has 1 atom stereocenters. The van der Waals surface area contributed by atoms with Gasteiger partial charge in [0.2, 0.25) is 0 Å². The van der Waals surface area contributed by atoms with Crippen molar-refractivity contribution in [2.24, 2.45) is 0 Å². The number of pyridine rings is 1. The highest BCUT2D eigenvalue weighted by Crippen LogP contribution is 2.24. The zero-order chi connectivity index (χ0) is 9.80. The Bertz CT molecular complexity index is 271. The second-order valence-corrected chi connectivity index (χ2v) is 3.99. The number of hydrogen-bond donors (Lipinski definition) is 0. The van der Waals surface area contributed by atoms with Gasteiger partial charge in [0.1, 0.15) is 0 Å². The fourth-order valence-electron chi connectivity index (χ4n) is 2.20. The molecule has 0 N–H and O–H groups in total. The van der Waals surface area contributed by atoms with E-state index < -0.39 is 0 Å². The minimum Gasteiger partial charge on any atom is -0.303 e. The Labute approximate surface area is 86.0 Å². The van der Waals surface area contributed by atoms with E-state index in [1.165, 1.54) is 38.2 Å². The van der Waals surface area contributed by atoms with Gasteiger partial charge in [-0.1, -0.05) is 13.0 Å². The van der Waals surface area contributed by atoms with Crippen molar-refractivity contribution in [3.63, 3.8) is 0 Å². The Morgan fingerprint density at radius 3 is 3.14 bits per heavy atom. The molecule has 0 bridgehead atoms. The van der Waals surface area contributed by atoms with Crippen LogP contribution in [0.25, 0.3) is 0 Å². The Hall–Kier alpha value is -0.890. The summed E-state index contributed by atoms with van der Waals surface area (Å²) in [5, 5.41) is 0. The standard InChI is InChI=1S/C12H18N2/c1-2-14-9-5-6-11(10-14)12-7-3-4-8-13-12/h3-4,7-8,11H,2,5-6,9-10H2,1H3. The molecule has 2 heteroatoms. The molecule has 2 heterocycles. The summed E-state index contributed by atoms with van der Waals surface area (Å²) in [6, 6.07) is 6.24. The van der Waals surface area contributed by atoms with Crippen molar-refractivity contribution in [3.05, 3.63) is 30.1 Å². The lowest BCUT2D eigenvalue weighted by Crippen LogP contribution is -2.34. The normalized spacial score (nSPS) is 23.6. The van der Waals surface area contributed by atoms with Crippen LogP contribution in [0, 0.1) is 0 Å². The third-order valence-corrected chi connectivity index (χ3v) is 3.06. The van der Waals surface area contributed by atoms with E-state index in [0.717, 1.165) is 0 Å². The summed E-state index contributed by atoms with van der Waals surface area (Å²) in [5.74, 6) is 0.657. The molecule has 76 valence electrons. The highest BCUT2D eigenvalue weighted by molar-refractivity contribution is 5.10. The second-order valence-electron chi connectivity index (χ2n) is 3.99. The summed E-state index contributed by atoms with van der Waals surface area (Å²) in [6.07, 6.45) is 4.52. The van der Waals surface area contributed by atoms with E-state index in [1.807, 2.05) is 12.3 Å². The third-order valence-electron chi connectivity index (χ3n) is 3.06. The van der Waals surface area contributed by atoms with Crippen molar-refractivity contribution >= 4 is 0 Å². The van der Waals surface area contributed by atoms with Crippen LogP contribution in [0.15, 0.2) is 24.4 Å². The van der Waals surface area contributed by atoms with Crippen LogP contribution in [-0.4, -0.2) is 29.5 Å². The molecule has 1 unspecified atom stereocenters. The molecule has 0 spiro atoms. The fourth-order valence-corrected chi connectivity index (χ4v) is 2.20. The maximum absolute atomic E-state index is 4.44. The highest BCUT2D eigenvalue weighted by Gasteiger charge is 2.20. The molecule has 1 aliphatic rings. The molecule has 1 aromatic rings. The number of piperidine rings is 1. The van der Waals surface area contributed by atoms with Crippen LogP contribution < -0.4 is 0 Å². The summed E-state index contributed by atoms with van der Waals surface area (Å²) in [6.45, 7) is 5.86. The van der Waals surface area contributed by atoms with E-state index in [1.54, 1.807) is 0 Å². The largest absolute Gasteiger partial charge is 0.303 e. The number of likely N-dealkylation sites (N-methyl/N-ethyl adjacent to an activating group) is 1. The Morgan fingerprint density at radius 2 is 2.43 bits per heavy atom. The maximum Gasteiger partial charge on any atom is 0.0447 e. The maximum atomic E-state index is 4.44. The van der Waals surface area contributed by atoms with Gasteiger partial charge in [-0.2, -0.15) is 0 Å². The van der Waals surface area contributed by atoms with E-state index in [2.05, 4.69) is 28.9 Å². The first-order chi connectivity index (χ1) is 6.90. The number of rotatable bonds is 2. The van der Waals surface area contributed by atoms with Crippen LogP contribution in [-0.2, 0) is 0 Å². The lowest BCUT2D eigenvalue weighted by atomic mass is 9.94. The van der Waals surface area contributed by atoms with Gasteiger partial charge in [-0.25, -0.2) is 0 Å². The van der Waals surface area contributed by atoms with Crippen LogP contribution in [0.5, 0.6) is 0 Å². The first kappa shape index (κ1) is 9.66. The lowest BCUT2D eigenvalue weighted by Gasteiger charge is -2.31. The summed E-state index contributed by atoms with van der Waals surface area (Å²) < 4.78 is 0. The smallest absolute Gasteiger partial charge is 0.0447 e. The van der Waals surface area contributed by atoms with Crippen molar-refractivity contribution in [2.75, 3.05) is 19.6 Å². The lowest BCUT2D eigenvalue weighted by molar-refractivity contribution is 0.216. The van der Waals surface area contributed by atoms with Gasteiger partial charge in [-0.05, 0) is 38.1 Å². The van der Waals surface area contributed by atoms with E-state index >= 15 is 0 Å². The van der Waals surface area contributed by atoms with E-state index in [4.69, 9.17) is 0 Å².